The number of sulfonamides is 1. The van der Waals surface area contributed by atoms with Crippen molar-refractivity contribution in [2.24, 2.45) is 0 Å². The van der Waals surface area contributed by atoms with E-state index < -0.39 is 10.0 Å². The molecule has 0 aromatic heterocycles. The van der Waals surface area contributed by atoms with E-state index in [1.54, 1.807) is 12.1 Å². The lowest BCUT2D eigenvalue weighted by molar-refractivity contribution is 0.0954. The number of anilines is 1. The zero-order valence-corrected chi connectivity index (χ0v) is 21.3. The van der Waals surface area contributed by atoms with Crippen LogP contribution in [0, 0.1) is 0 Å². The highest BCUT2D eigenvalue weighted by Gasteiger charge is 2.24. The number of hydrogen-bond donors (Lipinski definition) is 1. The highest BCUT2D eigenvalue weighted by Crippen LogP contribution is 2.30. The molecule has 34 heavy (non-hydrogen) atoms. The molecule has 0 bridgehead atoms. The number of benzene rings is 2. The monoisotopic (exact) mass is 489 g/mol. The first-order valence-electron chi connectivity index (χ1n) is 11.8. The lowest BCUT2D eigenvalue weighted by Crippen LogP contribution is -2.30. The summed E-state index contributed by atoms with van der Waals surface area (Å²) in [6.45, 7) is 7.05. The molecule has 1 aliphatic rings. The van der Waals surface area contributed by atoms with Gasteiger partial charge in [-0.15, -0.1) is 0 Å². The predicted octanol–water partition coefficient (Wildman–Crippen LogP) is 3.31. The van der Waals surface area contributed by atoms with Crippen molar-refractivity contribution in [1.82, 2.24) is 9.62 Å². The van der Waals surface area contributed by atoms with E-state index in [1.165, 1.54) is 20.2 Å². The van der Waals surface area contributed by atoms with Gasteiger partial charge < -0.3 is 19.7 Å². The fourth-order valence-corrected chi connectivity index (χ4v) is 4.90. The molecular weight excluding hydrogens is 454 g/mol. The van der Waals surface area contributed by atoms with Gasteiger partial charge in [0.1, 0.15) is 0 Å². The quantitative estimate of drug-likeness (QED) is 0.521. The average Bonchev–Trinajstić information content (AvgIpc) is 3.35. The number of nitrogens with one attached hydrogen (secondary N) is 1. The molecule has 1 amide bonds. The van der Waals surface area contributed by atoms with Crippen LogP contribution in [0.4, 0.5) is 5.69 Å². The lowest BCUT2D eigenvalue weighted by Gasteiger charge is -2.22. The van der Waals surface area contributed by atoms with Crippen LogP contribution in [-0.2, 0) is 16.4 Å². The molecule has 1 saturated heterocycles. The minimum Gasteiger partial charge on any atom is -0.490 e. The van der Waals surface area contributed by atoms with Gasteiger partial charge in [0.2, 0.25) is 10.0 Å². The predicted molar refractivity (Wildman–Crippen MR) is 134 cm³/mol. The van der Waals surface area contributed by atoms with Gasteiger partial charge >= 0.3 is 0 Å². The van der Waals surface area contributed by atoms with Gasteiger partial charge in [0.25, 0.3) is 5.91 Å². The Morgan fingerprint density at radius 1 is 1.00 bits per heavy atom. The van der Waals surface area contributed by atoms with Crippen LogP contribution in [0.3, 0.4) is 0 Å². The number of rotatable bonds is 11. The van der Waals surface area contributed by atoms with Crippen LogP contribution in [0.2, 0.25) is 0 Å². The summed E-state index contributed by atoms with van der Waals surface area (Å²) in [5.74, 6) is 1.10. The normalized spacial score (nSPS) is 13.9. The topological polar surface area (TPSA) is 88.2 Å². The Kier molecular flexibility index (Phi) is 8.79. The summed E-state index contributed by atoms with van der Waals surface area (Å²) in [6, 6.07) is 10.6. The van der Waals surface area contributed by atoms with E-state index in [2.05, 4.69) is 10.2 Å². The molecule has 2 aromatic rings. The van der Waals surface area contributed by atoms with Crippen LogP contribution in [-0.4, -0.2) is 65.6 Å². The molecule has 1 N–H and O–H groups in total. The highest BCUT2D eigenvalue weighted by atomic mass is 32.2. The molecule has 0 aliphatic carbocycles. The second kappa shape index (κ2) is 11.6. The van der Waals surface area contributed by atoms with Gasteiger partial charge in [0.15, 0.2) is 11.5 Å². The number of ether oxygens (including phenoxy) is 2. The standard InChI is InChI=1S/C25H35N3O5S/c1-5-32-23-12-9-19(17-24(23)33-6-2)13-14-26-25(29)21-18-20(34(30,31)27(3)4)10-11-22(21)28-15-7-8-16-28/h9-12,17-18H,5-8,13-16H2,1-4H3,(H,26,29). The van der Waals surface area contributed by atoms with Crippen molar-refractivity contribution in [2.75, 3.05) is 51.8 Å². The summed E-state index contributed by atoms with van der Waals surface area (Å²) >= 11 is 0. The minimum atomic E-state index is -3.65. The first-order valence-corrected chi connectivity index (χ1v) is 13.2. The Labute approximate surface area is 202 Å². The largest absolute Gasteiger partial charge is 0.490 e. The Hall–Kier alpha value is -2.78. The Balaban J connectivity index is 1.77. The maximum atomic E-state index is 13.2. The number of carbonyl (C=O) groups excluding carboxylic acids is 1. The van der Waals surface area contributed by atoms with Crippen LogP contribution in [0.1, 0.15) is 42.6 Å². The first kappa shape index (κ1) is 25.8. The molecule has 0 saturated carbocycles. The van der Waals surface area contributed by atoms with E-state index in [-0.39, 0.29) is 10.8 Å². The van der Waals surface area contributed by atoms with Gasteiger partial charge in [0, 0.05) is 39.4 Å². The van der Waals surface area contributed by atoms with E-state index in [0.29, 0.717) is 43.2 Å². The molecule has 9 heteroatoms. The number of nitrogens with zero attached hydrogens (tertiary/aromatic N) is 2. The number of amides is 1. The third-order valence-corrected chi connectivity index (χ3v) is 7.56. The molecule has 0 radical (unpaired) electrons. The third-order valence-electron chi connectivity index (χ3n) is 5.75. The molecule has 8 nitrogen and oxygen atoms in total. The molecule has 2 aromatic carbocycles. The molecule has 3 rings (SSSR count). The first-order chi connectivity index (χ1) is 16.3. The minimum absolute atomic E-state index is 0.110. The fourth-order valence-electron chi connectivity index (χ4n) is 3.97. The van der Waals surface area contributed by atoms with E-state index in [4.69, 9.17) is 9.47 Å². The van der Waals surface area contributed by atoms with E-state index >= 15 is 0 Å². The van der Waals surface area contributed by atoms with Crippen molar-refractivity contribution in [3.05, 3.63) is 47.5 Å². The van der Waals surface area contributed by atoms with Crippen LogP contribution in [0.25, 0.3) is 0 Å². The van der Waals surface area contributed by atoms with E-state index in [9.17, 15) is 13.2 Å². The molecule has 0 unspecified atom stereocenters. The van der Waals surface area contributed by atoms with Crippen LogP contribution in [0.15, 0.2) is 41.3 Å². The Morgan fingerprint density at radius 2 is 1.68 bits per heavy atom. The molecule has 186 valence electrons. The van der Waals surface area contributed by atoms with Crippen LogP contribution in [0.5, 0.6) is 11.5 Å². The molecular formula is C25H35N3O5S. The summed E-state index contributed by atoms with van der Waals surface area (Å²) in [5, 5.41) is 2.96. The zero-order chi connectivity index (χ0) is 24.7. The molecule has 1 fully saturated rings. The van der Waals surface area contributed by atoms with Crippen LogP contribution >= 0.6 is 0 Å². The van der Waals surface area contributed by atoms with Crippen molar-refractivity contribution in [3.63, 3.8) is 0 Å². The third kappa shape index (κ3) is 6.01. The SMILES string of the molecule is CCOc1ccc(CCNC(=O)c2cc(S(=O)(=O)N(C)C)ccc2N2CCCC2)cc1OCC. The Morgan fingerprint density at radius 3 is 2.32 bits per heavy atom. The van der Waals surface area contributed by atoms with E-state index in [1.807, 2.05) is 32.0 Å². The zero-order valence-electron chi connectivity index (χ0n) is 20.5. The van der Waals surface area contributed by atoms with Crippen molar-refractivity contribution in [1.29, 1.82) is 0 Å². The van der Waals surface area contributed by atoms with Crippen molar-refractivity contribution >= 4 is 21.6 Å². The van der Waals surface area contributed by atoms with Gasteiger partial charge in [-0.05, 0) is 69.0 Å². The van der Waals surface area contributed by atoms with Gasteiger partial charge in [-0.3, -0.25) is 4.79 Å². The maximum Gasteiger partial charge on any atom is 0.253 e. The number of carbonyl (C=O) groups is 1. The molecule has 1 aliphatic heterocycles. The van der Waals surface area contributed by atoms with E-state index in [0.717, 1.165) is 41.5 Å². The van der Waals surface area contributed by atoms with Gasteiger partial charge in [-0.2, -0.15) is 0 Å². The van der Waals surface area contributed by atoms with Crippen molar-refractivity contribution in [2.45, 2.75) is 38.0 Å². The summed E-state index contributed by atoms with van der Waals surface area (Å²) in [6.07, 6.45) is 2.71. The number of hydrogen-bond acceptors (Lipinski definition) is 6. The average molecular weight is 490 g/mol. The van der Waals surface area contributed by atoms with Crippen molar-refractivity contribution < 1.29 is 22.7 Å². The van der Waals surface area contributed by atoms with Gasteiger partial charge in [-0.1, -0.05) is 6.07 Å². The highest BCUT2D eigenvalue weighted by molar-refractivity contribution is 7.89. The summed E-state index contributed by atoms with van der Waals surface area (Å²) in [7, 11) is -0.681. The lowest BCUT2D eigenvalue weighted by atomic mass is 10.1. The van der Waals surface area contributed by atoms with Gasteiger partial charge in [-0.25, -0.2) is 12.7 Å². The second-order valence-corrected chi connectivity index (χ2v) is 10.5. The molecule has 0 spiro atoms. The maximum absolute atomic E-state index is 13.2. The summed E-state index contributed by atoms with van der Waals surface area (Å²) in [4.78, 5) is 15.4. The summed E-state index contributed by atoms with van der Waals surface area (Å²) < 4.78 is 37.8. The fraction of sp³-hybridized carbons (Fsp3) is 0.480. The van der Waals surface area contributed by atoms with Gasteiger partial charge in [0.05, 0.1) is 23.7 Å². The summed E-state index contributed by atoms with van der Waals surface area (Å²) in [5.41, 5.74) is 2.16. The molecule has 0 atom stereocenters. The molecule has 1 heterocycles. The van der Waals surface area contributed by atoms with Crippen molar-refractivity contribution in [3.8, 4) is 11.5 Å². The smallest absolute Gasteiger partial charge is 0.253 e. The van der Waals surface area contributed by atoms with Crippen LogP contribution < -0.4 is 19.7 Å². The second-order valence-electron chi connectivity index (χ2n) is 8.31. The Bertz CT molecular complexity index is 1100.